The second-order valence-electron chi connectivity index (χ2n) is 6.15. The van der Waals surface area contributed by atoms with Crippen molar-refractivity contribution in [1.82, 2.24) is 10.0 Å². The van der Waals surface area contributed by atoms with Crippen LogP contribution in [0.3, 0.4) is 0 Å². The fraction of sp³-hybridized carbons (Fsp3) is 0.333. The molecule has 0 saturated carbocycles. The van der Waals surface area contributed by atoms with E-state index in [1.54, 1.807) is 38.1 Å². The smallest absolute Gasteiger partial charge is 0.216 e. The predicted molar refractivity (Wildman–Crippen MR) is 94.2 cm³/mol. The molecule has 0 aliphatic heterocycles. The highest BCUT2D eigenvalue weighted by molar-refractivity contribution is 7.88. The van der Waals surface area contributed by atoms with Gasteiger partial charge in [0.25, 0.3) is 0 Å². The minimum absolute atomic E-state index is 0.00460. The van der Waals surface area contributed by atoms with Crippen molar-refractivity contribution in [1.29, 1.82) is 0 Å². The van der Waals surface area contributed by atoms with Crippen molar-refractivity contribution < 1.29 is 17.2 Å². The monoisotopic (exact) mass is 368 g/mol. The summed E-state index contributed by atoms with van der Waals surface area (Å²) in [6.45, 7) is 4.04. The summed E-state index contributed by atoms with van der Waals surface area (Å²) in [6.07, 6.45) is 0. The van der Waals surface area contributed by atoms with Gasteiger partial charge in [0.15, 0.2) is 0 Å². The van der Waals surface area contributed by atoms with E-state index in [1.165, 1.54) is 18.2 Å². The first-order chi connectivity index (χ1) is 11.8. The van der Waals surface area contributed by atoms with Crippen molar-refractivity contribution in [2.24, 2.45) is 0 Å². The molecule has 0 fully saturated rings. The zero-order chi connectivity index (χ0) is 18.4. The predicted octanol–water partition coefficient (Wildman–Crippen LogP) is 3.08. The van der Waals surface area contributed by atoms with Gasteiger partial charge in [-0.25, -0.2) is 21.9 Å². The van der Waals surface area contributed by atoms with E-state index < -0.39 is 21.7 Å². The van der Waals surface area contributed by atoms with Gasteiger partial charge in [-0.1, -0.05) is 30.3 Å². The van der Waals surface area contributed by atoms with Crippen LogP contribution in [-0.2, 0) is 28.9 Å². The third-order valence-corrected chi connectivity index (χ3v) is 5.03. The van der Waals surface area contributed by atoms with Crippen LogP contribution in [0.15, 0.2) is 42.5 Å². The van der Waals surface area contributed by atoms with Crippen LogP contribution < -0.4 is 10.0 Å². The average molecular weight is 368 g/mol. The Kier molecular flexibility index (Phi) is 6.64. The van der Waals surface area contributed by atoms with Gasteiger partial charge < -0.3 is 5.32 Å². The van der Waals surface area contributed by atoms with Crippen LogP contribution in [-0.4, -0.2) is 14.5 Å². The molecule has 0 bridgehead atoms. The molecule has 2 aromatic rings. The van der Waals surface area contributed by atoms with Gasteiger partial charge >= 0.3 is 0 Å². The van der Waals surface area contributed by atoms with E-state index in [-0.39, 0.29) is 23.9 Å². The van der Waals surface area contributed by atoms with Crippen molar-refractivity contribution in [3.05, 3.63) is 70.8 Å². The number of sulfonamides is 1. The Morgan fingerprint density at radius 3 is 2.04 bits per heavy atom. The third-order valence-electron chi connectivity index (χ3n) is 3.49. The zero-order valence-electron chi connectivity index (χ0n) is 14.2. The number of halogens is 2. The lowest BCUT2D eigenvalue weighted by Gasteiger charge is -2.10. The quantitative estimate of drug-likeness (QED) is 0.753. The van der Waals surface area contributed by atoms with Gasteiger partial charge in [-0.3, -0.25) is 0 Å². The van der Waals surface area contributed by atoms with E-state index in [9.17, 15) is 17.2 Å². The van der Waals surface area contributed by atoms with E-state index in [2.05, 4.69) is 10.0 Å². The third kappa shape index (κ3) is 6.19. The SMILES string of the molecule is CC(C)NS(=O)(=O)Cc1ccc(CNCc2c(F)cccc2F)cc1. The Morgan fingerprint density at radius 2 is 1.48 bits per heavy atom. The molecule has 2 rings (SSSR count). The number of hydrogen-bond acceptors (Lipinski definition) is 3. The molecule has 0 amide bonds. The fourth-order valence-corrected chi connectivity index (χ4v) is 3.84. The van der Waals surface area contributed by atoms with Crippen LogP contribution in [0.25, 0.3) is 0 Å². The topological polar surface area (TPSA) is 58.2 Å². The highest BCUT2D eigenvalue weighted by Gasteiger charge is 2.13. The lowest BCUT2D eigenvalue weighted by molar-refractivity contribution is 0.535. The van der Waals surface area contributed by atoms with Gasteiger partial charge in [0, 0.05) is 24.7 Å². The lowest BCUT2D eigenvalue weighted by Crippen LogP contribution is -2.31. The second-order valence-corrected chi connectivity index (χ2v) is 7.91. The van der Waals surface area contributed by atoms with Crippen molar-refractivity contribution in [3.63, 3.8) is 0 Å². The molecule has 4 nitrogen and oxygen atoms in total. The van der Waals surface area contributed by atoms with E-state index in [0.717, 1.165) is 5.56 Å². The summed E-state index contributed by atoms with van der Waals surface area (Å²) in [7, 11) is -3.36. The van der Waals surface area contributed by atoms with Crippen molar-refractivity contribution in [2.45, 2.75) is 38.7 Å². The summed E-state index contributed by atoms with van der Waals surface area (Å²) in [6, 6.07) is 10.7. The molecule has 0 spiro atoms. The molecule has 0 saturated heterocycles. The van der Waals surface area contributed by atoms with Crippen molar-refractivity contribution in [3.8, 4) is 0 Å². The molecule has 0 aliphatic carbocycles. The molecule has 2 aromatic carbocycles. The number of nitrogens with one attached hydrogen (secondary N) is 2. The molecule has 25 heavy (non-hydrogen) atoms. The Labute approximate surface area is 147 Å². The van der Waals surface area contributed by atoms with Gasteiger partial charge in [-0.15, -0.1) is 0 Å². The molecular formula is C18H22F2N2O2S. The molecule has 0 heterocycles. The number of rotatable bonds is 8. The summed E-state index contributed by atoms with van der Waals surface area (Å²) in [5.41, 5.74) is 1.58. The fourth-order valence-electron chi connectivity index (χ4n) is 2.41. The van der Waals surface area contributed by atoms with Crippen molar-refractivity contribution >= 4 is 10.0 Å². The van der Waals surface area contributed by atoms with Gasteiger partial charge in [0.2, 0.25) is 10.0 Å². The van der Waals surface area contributed by atoms with Crippen LogP contribution in [0.2, 0.25) is 0 Å². The van der Waals surface area contributed by atoms with Gasteiger partial charge in [-0.05, 0) is 37.1 Å². The van der Waals surface area contributed by atoms with E-state index in [1.807, 2.05) is 0 Å². The Hall–Kier alpha value is -1.83. The summed E-state index contributed by atoms with van der Waals surface area (Å²) in [5, 5.41) is 2.98. The number of hydrogen-bond donors (Lipinski definition) is 2. The Balaban J connectivity index is 1.90. The van der Waals surface area contributed by atoms with Crippen LogP contribution in [0.1, 0.15) is 30.5 Å². The molecule has 0 unspecified atom stereocenters. The molecule has 0 aliphatic rings. The lowest BCUT2D eigenvalue weighted by atomic mass is 10.1. The van der Waals surface area contributed by atoms with Gasteiger partial charge in [0.1, 0.15) is 11.6 Å². The van der Waals surface area contributed by atoms with E-state index in [4.69, 9.17) is 0 Å². The molecular weight excluding hydrogens is 346 g/mol. The number of benzene rings is 2. The van der Waals surface area contributed by atoms with Crippen LogP contribution in [0.5, 0.6) is 0 Å². The summed E-state index contributed by atoms with van der Waals surface area (Å²) in [5.74, 6) is -1.24. The van der Waals surface area contributed by atoms with Crippen LogP contribution in [0, 0.1) is 11.6 Å². The zero-order valence-corrected chi connectivity index (χ0v) is 15.0. The first kappa shape index (κ1) is 19.5. The Morgan fingerprint density at radius 1 is 0.920 bits per heavy atom. The highest BCUT2D eigenvalue weighted by atomic mass is 32.2. The van der Waals surface area contributed by atoms with Crippen LogP contribution in [0.4, 0.5) is 8.78 Å². The van der Waals surface area contributed by atoms with Crippen molar-refractivity contribution in [2.75, 3.05) is 0 Å². The minimum atomic E-state index is -3.36. The standard InChI is InChI=1S/C18H22F2N2O2S/c1-13(2)22-25(23,24)12-15-8-6-14(7-9-15)10-21-11-16-17(19)4-3-5-18(16)20/h3-9,13,21-22H,10-12H2,1-2H3. The normalized spacial score (nSPS) is 11.9. The maximum Gasteiger partial charge on any atom is 0.216 e. The minimum Gasteiger partial charge on any atom is -0.308 e. The first-order valence-corrected chi connectivity index (χ1v) is 9.63. The van der Waals surface area contributed by atoms with Gasteiger partial charge in [-0.2, -0.15) is 0 Å². The molecule has 0 atom stereocenters. The molecule has 136 valence electrons. The average Bonchev–Trinajstić information content (AvgIpc) is 2.50. The van der Waals surface area contributed by atoms with E-state index >= 15 is 0 Å². The summed E-state index contributed by atoms with van der Waals surface area (Å²) >= 11 is 0. The maximum absolute atomic E-state index is 13.5. The largest absolute Gasteiger partial charge is 0.308 e. The van der Waals surface area contributed by atoms with E-state index in [0.29, 0.717) is 12.1 Å². The molecule has 7 heteroatoms. The van der Waals surface area contributed by atoms with Gasteiger partial charge in [0.05, 0.1) is 5.75 Å². The highest BCUT2D eigenvalue weighted by Crippen LogP contribution is 2.12. The first-order valence-electron chi connectivity index (χ1n) is 7.98. The summed E-state index contributed by atoms with van der Waals surface area (Å²) < 4.78 is 53.4. The molecule has 0 radical (unpaired) electrons. The summed E-state index contributed by atoms with van der Waals surface area (Å²) in [4.78, 5) is 0. The molecule has 0 aromatic heterocycles. The second kappa shape index (κ2) is 8.51. The maximum atomic E-state index is 13.5. The molecule has 2 N–H and O–H groups in total. The Bertz CT molecular complexity index is 786. The van der Waals surface area contributed by atoms with Crippen LogP contribution >= 0.6 is 0 Å².